The SMILES string of the molecule is CCOC(=O)N1CCN(C(=O)C2CC2C(=O)N2CCC(C)CC2)CC1. The number of carbonyl (C=O) groups excluding carboxylic acids is 3. The molecule has 1 aliphatic carbocycles. The summed E-state index contributed by atoms with van der Waals surface area (Å²) in [4.78, 5) is 42.3. The third kappa shape index (κ3) is 4.07. The second kappa shape index (κ2) is 7.62. The Morgan fingerprint density at radius 3 is 1.84 bits per heavy atom. The molecule has 3 fully saturated rings. The predicted molar refractivity (Wildman–Crippen MR) is 91.8 cm³/mol. The lowest BCUT2D eigenvalue weighted by molar-refractivity contribution is -0.139. The minimum atomic E-state index is -0.312. The van der Waals surface area contributed by atoms with E-state index in [2.05, 4.69) is 6.92 Å². The molecule has 3 rings (SSSR count). The van der Waals surface area contributed by atoms with Crippen LogP contribution in [0.25, 0.3) is 0 Å². The molecule has 2 saturated heterocycles. The van der Waals surface area contributed by atoms with Crippen molar-refractivity contribution in [2.75, 3.05) is 45.9 Å². The Bertz CT molecular complexity index is 522. The number of nitrogens with zero attached hydrogens (tertiary/aromatic N) is 3. The third-order valence-electron chi connectivity index (χ3n) is 5.64. The zero-order valence-electron chi connectivity index (χ0n) is 15.3. The number of carbonyl (C=O) groups is 3. The van der Waals surface area contributed by atoms with Crippen LogP contribution in [0.3, 0.4) is 0 Å². The second-order valence-corrected chi connectivity index (χ2v) is 7.47. The lowest BCUT2D eigenvalue weighted by Gasteiger charge is -2.34. The molecule has 25 heavy (non-hydrogen) atoms. The van der Waals surface area contributed by atoms with Gasteiger partial charge >= 0.3 is 6.09 Å². The van der Waals surface area contributed by atoms with Gasteiger partial charge < -0.3 is 19.4 Å². The van der Waals surface area contributed by atoms with Gasteiger partial charge in [0.15, 0.2) is 0 Å². The minimum absolute atomic E-state index is 0.0761. The minimum Gasteiger partial charge on any atom is -0.450 e. The van der Waals surface area contributed by atoms with Crippen molar-refractivity contribution in [2.24, 2.45) is 17.8 Å². The number of ether oxygens (including phenoxy) is 1. The van der Waals surface area contributed by atoms with Gasteiger partial charge in [0.1, 0.15) is 0 Å². The number of amides is 3. The summed E-state index contributed by atoms with van der Waals surface area (Å²) in [5, 5.41) is 0. The van der Waals surface area contributed by atoms with Crippen molar-refractivity contribution in [1.29, 1.82) is 0 Å². The maximum atomic E-state index is 12.6. The van der Waals surface area contributed by atoms with Gasteiger partial charge in [-0.2, -0.15) is 0 Å². The maximum Gasteiger partial charge on any atom is 0.409 e. The number of rotatable bonds is 3. The first-order chi connectivity index (χ1) is 12.0. The molecule has 0 spiro atoms. The molecule has 0 aromatic heterocycles. The highest BCUT2D eigenvalue weighted by Crippen LogP contribution is 2.42. The van der Waals surface area contributed by atoms with Gasteiger partial charge in [0.2, 0.25) is 11.8 Å². The molecule has 3 aliphatic rings. The second-order valence-electron chi connectivity index (χ2n) is 7.47. The largest absolute Gasteiger partial charge is 0.450 e. The molecular formula is C18H29N3O4. The van der Waals surface area contributed by atoms with E-state index in [1.165, 1.54) is 0 Å². The van der Waals surface area contributed by atoms with Crippen molar-refractivity contribution in [3.63, 3.8) is 0 Å². The monoisotopic (exact) mass is 351 g/mol. The van der Waals surface area contributed by atoms with Gasteiger partial charge in [-0.3, -0.25) is 9.59 Å². The molecule has 0 bridgehead atoms. The summed E-state index contributed by atoms with van der Waals surface area (Å²) in [5.74, 6) is 0.656. The molecule has 7 nitrogen and oxygen atoms in total. The fourth-order valence-corrected chi connectivity index (χ4v) is 3.76. The number of piperidine rings is 1. The van der Waals surface area contributed by atoms with Crippen molar-refractivity contribution in [1.82, 2.24) is 14.7 Å². The van der Waals surface area contributed by atoms with E-state index in [-0.39, 0.29) is 29.7 Å². The van der Waals surface area contributed by atoms with Gasteiger partial charge in [0, 0.05) is 39.3 Å². The van der Waals surface area contributed by atoms with Gasteiger partial charge in [-0.1, -0.05) is 6.92 Å². The number of piperazine rings is 1. The van der Waals surface area contributed by atoms with Crippen LogP contribution in [0.15, 0.2) is 0 Å². The summed E-state index contributed by atoms with van der Waals surface area (Å²) < 4.78 is 4.99. The van der Waals surface area contributed by atoms with Gasteiger partial charge in [0.05, 0.1) is 18.4 Å². The van der Waals surface area contributed by atoms with Crippen LogP contribution < -0.4 is 0 Å². The van der Waals surface area contributed by atoms with Crippen molar-refractivity contribution in [3.05, 3.63) is 0 Å². The molecular weight excluding hydrogens is 322 g/mol. The van der Waals surface area contributed by atoms with Crippen LogP contribution in [-0.2, 0) is 14.3 Å². The summed E-state index contributed by atoms with van der Waals surface area (Å²) in [6.45, 7) is 8.07. The van der Waals surface area contributed by atoms with E-state index in [1.54, 1.807) is 16.7 Å². The van der Waals surface area contributed by atoms with E-state index < -0.39 is 0 Å². The van der Waals surface area contributed by atoms with Gasteiger partial charge in [-0.15, -0.1) is 0 Å². The van der Waals surface area contributed by atoms with Crippen LogP contribution in [0.5, 0.6) is 0 Å². The highest BCUT2D eigenvalue weighted by atomic mass is 16.6. The van der Waals surface area contributed by atoms with Crippen LogP contribution in [0, 0.1) is 17.8 Å². The van der Waals surface area contributed by atoms with Crippen molar-refractivity contribution >= 4 is 17.9 Å². The molecule has 140 valence electrons. The zero-order chi connectivity index (χ0) is 18.0. The molecule has 0 aromatic carbocycles. The van der Waals surface area contributed by atoms with Crippen LogP contribution >= 0.6 is 0 Å². The number of hydrogen-bond donors (Lipinski definition) is 0. The Balaban J connectivity index is 1.44. The first kappa shape index (κ1) is 18.0. The standard InChI is InChI=1S/C18H29N3O4/c1-3-25-18(24)21-10-8-20(9-11-21)17(23)15-12-14(15)16(22)19-6-4-13(2)5-7-19/h13-15H,3-12H2,1-2H3. The normalized spacial score (nSPS) is 27.2. The van der Waals surface area contributed by atoms with Crippen molar-refractivity contribution in [3.8, 4) is 0 Å². The smallest absolute Gasteiger partial charge is 0.409 e. The lowest BCUT2D eigenvalue weighted by Crippen LogP contribution is -2.51. The first-order valence-electron chi connectivity index (χ1n) is 9.50. The average Bonchev–Trinajstić information content (AvgIpc) is 3.42. The first-order valence-corrected chi connectivity index (χ1v) is 9.50. The van der Waals surface area contributed by atoms with Crippen LogP contribution in [-0.4, -0.2) is 78.5 Å². The van der Waals surface area contributed by atoms with Crippen LogP contribution in [0.2, 0.25) is 0 Å². The van der Waals surface area contributed by atoms with Gasteiger partial charge in [-0.05, 0) is 32.1 Å². The van der Waals surface area contributed by atoms with E-state index in [1.807, 2.05) is 4.90 Å². The van der Waals surface area contributed by atoms with E-state index in [0.29, 0.717) is 45.1 Å². The van der Waals surface area contributed by atoms with Gasteiger partial charge in [-0.25, -0.2) is 4.79 Å². The maximum absolute atomic E-state index is 12.6. The predicted octanol–water partition coefficient (Wildman–Crippen LogP) is 1.18. The third-order valence-corrected chi connectivity index (χ3v) is 5.64. The molecule has 1 saturated carbocycles. The molecule has 2 aliphatic heterocycles. The van der Waals surface area contributed by atoms with Gasteiger partial charge in [0.25, 0.3) is 0 Å². The zero-order valence-corrected chi connectivity index (χ0v) is 15.3. The fourth-order valence-electron chi connectivity index (χ4n) is 3.76. The quantitative estimate of drug-likeness (QED) is 0.766. The highest BCUT2D eigenvalue weighted by molar-refractivity contribution is 5.92. The topological polar surface area (TPSA) is 70.2 Å². The Hall–Kier alpha value is -1.79. The summed E-state index contributed by atoms with van der Waals surface area (Å²) in [6.07, 6.45) is 2.50. The molecule has 2 unspecified atom stereocenters. The Morgan fingerprint density at radius 2 is 1.32 bits per heavy atom. The fraction of sp³-hybridized carbons (Fsp3) is 0.833. The summed E-state index contributed by atoms with van der Waals surface area (Å²) in [7, 11) is 0. The van der Waals surface area contributed by atoms with E-state index in [9.17, 15) is 14.4 Å². The number of likely N-dealkylation sites (tertiary alicyclic amines) is 1. The average molecular weight is 351 g/mol. The lowest BCUT2D eigenvalue weighted by atomic mass is 9.99. The van der Waals surface area contributed by atoms with E-state index >= 15 is 0 Å². The molecule has 2 atom stereocenters. The summed E-state index contributed by atoms with van der Waals surface area (Å²) in [6, 6.07) is 0. The molecule has 3 amide bonds. The van der Waals surface area contributed by atoms with Crippen LogP contribution in [0.1, 0.15) is 33.1 Å². The van der Waals surface area contributed by atoms with Crippen LogP contribution in [0.4, 0.5) is 4.79 Å². The number of hydrogen-bond acceptors (Lipinski definition) is 4. The van der Waals surface area contributed by atoms with Crippen molar-refractivity contribution in [2.45, 2.75) is 33.1 Å². The Labute approximate surface area is 149 Å². The van der Waals surface area contributed by atoms with E-state index in [4.69, 9.17) is 4.74 Å². The van der Waals surface area contributed by atoms with Crippen molar-refractivity contribution < 1.29 is 19.1 Å². The molecule has 7 heteroatoms. The Morgan fingerprint density at radius 1 is 0.840 bits per heavy atom. The summed E-state index contributed by atoms with van der Waals surface area (Å²) >= 11 is 0. The highest BCUT2D eigenvalue weighted by Gasteiger charge is 2.51. The van der Waals surface area contributed by atoms with E-state index in [0.717, 1.165) is 25.9 Å². The molecule has 0 N–H and O–H groups in total. The molecule has 0 aromatic rings. The Kier molecular flexibility index (Phi) is 5.49. The molecule has 0 radical (unpaired) electrons. The molecule has 2 heterocycles. The summed E-state index contributed by atoms with van der Waals surface area (Å²) in [5.41, 5.74) is 0.